The molecule has 1 radical (unpaired) electrons. The molecule has 45 heavy (non-hydrogen) atoms. The number of hydrogen-bond donors (Lipinski definition) is 2. The maximum absolute atomic E-state index is 10.7. The van der Waals surface area contributed by atoms with E-state index in [2.05, 4.69) is 87.4 Å². The molecule has 0 spiro atoms. The molecule has 3 rings (SSSR count). The number of phenolic OH excluding ortho intramolecular Hbond substituents is 2. The van der Waals surface area contributed by atoms with Crippen molar-refractivity contribution in [2.24, 2.45) is 9.98 Å². The molecule has 245 valence electrons. The monoisotopic (exact) mass is 693 g/mol. The van der Waals surface area contributed by atoms with E-state index in [4.69, 9.17) is 19.8 Å². The summed E-state index contributed by atoms with van der Waals surface area (Å²) in [4.78, 5) is 27.1. The van der Waals surface area contributed by atoms with Crippen LogP contribution in [0.15, 0.2) is 58.5 Å². The van der Waals surface area contributed by atoms with Crippen LogP contribution < -0.4 is 20.6 Å². The van der Waals surface area contributed by atoms with Gasteiger partial charge in [0.2, 0.25) is 0 Å². The molecule has 3 aromatic carbocycles. The van der Waals surface area contributed by atoms with Crippen LogP contribution in [0.1, 0.15) is 49.9 Å². The first-order valence-corrected chi connectivity index (χ1v) is 21.6. The summed E-state index contributed by atoms with van der Waals surface area (Å²) in [5.74, 6) is -1.55. The van der Waals surface area contributed by atoms with Gasteiger partial charge in [-0.1, -0.05) is 93.8 Å². The molecule has 0 aliphatic carbocycles. The van der Waals surface area contributed by atoms with Crippen molar-refractivity contribution in [1.29, 1.82) is 0 Å². The van der Waals surface area contributed by atoms with Crippen molar-refractivity contribution < 1.29 is 46.8 Å². The fourth-order valence-electron chi connectivity index (χ4n) is 3.98. The number of nitrogens with zero attached hydrogens (tertiary/aromatic N) is 2. The topological polar surface area (TPSA) is 145 Å². The maximum Gasteiger partial charge on any atom is 2.00 e. The summed E-state index contributed by atoms with van der Waals surface area (Å²) in [6.07, 6.45) is 5.05. The van der Waals surface area contributed by atoms with Crippen molar-refractivity contribution in [2.45, 2.75) is 79.8 Å². The fraction of sp³-hybridized carbons (Fsp3) is 0.353. The molecule has 0 heterocycles. The molecule has 0 saturated heterocycles. The van der Waals surface area contributed by atoms with E-state index in [1.54, 1.807) is 12.4 Å². The molecule has 0 amide bonds. The fourth-order valence-corrected chi connectivity index (χ4v) is 6.37. The van der Waals surface area contributed by atoms with E-state index < -0.39 is 28.1 Å². The number of phenols is 2. The number of benzene rings is 3. The van der Waals surface area contributed by atoms with Crippen LogP contribution in [0.3, 0.4) is 0 Å². The second kappa shape index (κ2) is 18.4. The summed E-state index contributed by atoms with van der Waals surface area (Å²) in [5, 5.41) is 41.9. The van der Waals surface area contributed by atoms with Crippen molar-refractivity contribution in [3.05, 3.63) is 70.8 Å². The average Bonchev–Trinajstić information content (AvgIpc) is 2.90. The molecular formula is C34H46CoN2O6Si2. The number of hydrogen-bond acceptors (Lipinski definition) is 8. The smallest absolute Gasteiger partial charge is 0.550 e. The number of carboxylic acid groups (broad SMARTS) is 2. The molecule has 0 aromatic heterocycles. The molecule has 0 aliphatic heterocycles. The van der Waals surface area contributed by atoms with Gasteiger partial charge in [0.05, 0.1) is 27.5 Å². The van der Waals surface area contributed by atoms with Gasteiger partial charge < -0.3 is 30.0 Å². The number of carboxylic acids is 2. The van der Waals surface area contributed by atoms with Crippen LogP contribution in [0.4, 0.5) is 11.4 Å². The zero-order valence-corrected chi connectivity index (χ0v) is 31.0. The quantitative estimate of drug-likeness (QED) is 0.266. The van der Waals surface area contributed by atoms with Crippen LogP contribution in [0, 0.1) is 0 Å². The summed E-state index contributed by atoms with van der Waals surface area (Å²) >= 11 is 0. The van der Waals surface area contributed by atoms with Crippen molar-refractivity contribution >= 4 is 62.3 Å². The second-order valence-corrected chi connectivity index (χ2v) is 22.5. The van der Waals surface area contributed by atoms with Gasteiger partial charge in [0, 0.05) is 35.5 Å². The van der Waals surface area contributed by atoms with Gasteiger partial charge in [0.15, 0.2) is 0 Å². The Balaban J connectivity index is 0.00000192. The van der Waals surface area contributed by atoms with E-state index >= 15 is 0 Å². The minimum Gasteiger partial charge on any atom is -0.550 e. The number of aliphatic imine (C=N–C) groups is 2. The zero-order valence-electron chi connectivity index (χ0n) is 27.9. The van der Waals surface area contributed by atoms with Crippen molar-refractivity contribution in [3.8, 4) is 11.5 Å². The van der Waals surface area contributed by atoms with Crippen molar-refractivity contribution in [1.82, 2.24) is 0 Å². The van der Waals surface area contributed by atoms with Gasteiger partial charge in [-0.3, -0.25) is 9.98 Å². The molecular weight excluding hydrogens is 647 g/mol. The van der Waals surface area contributed by atoms with E-state index in [0.29, 0.717) is 11.5 Å². The Hall–Kier alpha value is -3.52. The third-order valence-electron chi connectivity index (χ3n) is 6.47. The first-order chi connectivity index (χ1) is 20.3. The zero-order chi connectivity index (χ0) is 33.8. The van der Waals surface area contributed by atoms with Gasteiger partial charge in [0.25, 0.3) is 0 Å². The van der Waals surface area contributed by atoms with Gasteiger partial charge in [-0.05, 0) is 56.0 Å². The van der Waals surface area contributed by atoms with Gasteiger partial charge in [-0.15, -0.1) is 0 Å². The summed E-state index contributed by atoms with van der Waals surface area (Å²) in [6, 6.07) is 16.1. The Morgan fingerprint density at radius 1 is 0.689 bits per heavy atom. The van der Waals surface area contributed by atoms with E-state index in [-0.39, 0.29) is 16.8 Å². The molecule has 8 nitrogen and oxygen atoms in total. The Kier molecular flexibility index (Phi) is 17.0. The molecule has 0 atom stereocenters. The van der Waals surface area contributed by atoms with Crippen LogP contribution in [0.5, 0.6) is 11.5 Å². The minimum absolute atomic E-state index is 0. The van der Waals surface area contributed by atoms with Gasteiger partial charge >= 0.3 is 16.8 Å². The molecule has 0 saturated carbocycles. The molecule has 0 bridgehead atoms. The Morgan fingerprint density at radius 2 is 1.00 bits per heavy atom. The standard InChI is InChI=1S/C30H40N2O2Si2.2C2H4O2.Co/c1-9-21-14-27(35(3,4)5)16-23(29(21)33)19-31-25-12-11-13-26(18-25)32-20-24-17-28(36(6,7)8)15-22(10-2)30(24)34;2*1-2(3)4;/h11-20,33-34H,9-10H2,1-8H3;2*1H3,(H,3,4);/q;;;+2/p-2. The summed E-state index contributed by atoms with van der Waals surface area (Å²) in [5.41, 5.74) is 4.94. The Morgan fingerprint density at radius 3 is 1.27 bits per heavy atom. The number of rotatable bonds is 8. The molecule has 0 unspecified atom stereocenters. The third kappa shape index (κ3) is 14.4. The van der Waals surface area contributed by atoms with Crippen LogP contribution >= 0.6 is 0 Å². The van der Waals surface area contributed by atoms with E-state index in [1.165, 1.54) is 10.4 Å². The molecule has 3 aromatic rings. The number of carbonyl (C=O) groups is 2. The van der Waals surface area contributed by atoms with Crippen molar-refractivity contribution in [3.63, 3.8) is 0 Å². The first-order valence-electron chi connectivity index (χ1n) is 14.6. The van der Waals surface area contributed by atoms with Gasteiger partial charge in [0.1, 0.15) is 11.5 Å². The number of aliphatic carboxylic acids is 2. The third-order valence-corrected chi connectivity index (χ3v) is 10.5. The van der Waals surface area contributed by atoms with E-state index in [0.717, 1.165) is 60.3 Å². The van der Waals surface area contributed by atoms with Crippen LogP contribution in [0.25, 0.3) is 0 Å². The molecule has 11 heteroatoms. The molecule has 0 fully saturated rings. The van der Waals surface area contributed by atoms with Gasteiger partial charge in [-0.2, -0.15) is 0 Å². The molecule has 0 aliphatic rings. The number of aromatic hydroxyl groups is 2. The predicted octanol–water partition coefficient (Wildman–Crippen LogP) is 4.32. The Labute approximate surface area is 280 Å². The van der Waals surface area contributed by atoms with Crippen LogP contribution in [-0.2, 0) is 39.2 Å². The summed E-state index contributed by atoms with van der Waals surface area (Å²) in [7, 11) is -3.07. The summed E-state index contributed by atoms with van der Waals surface area (Å²) in [6.45, 7) is 19.9. The number of aryl methyl sites for hydroxylation is 2. The van der Waals surface area contributed by atoms with Crippen LogP contribution in [-0.4, -0.2) is 50.7 Å². The second-order valence-electron chi connectivity index (χ2n) is 12.4. The largest absolute Gasteiger partial charge is 2.00 e. The SMILES string of the molecule is CC(=O)[O-].CC(=O)[O-].CCc1cc([Si](C)(C)C)cc(C=Nc2cccc(N=Cc3cc([Si](C)(C)C)cc(CC)c3O)c2)c1O.[Co+2]. The molecule has 2 N–H and O–H groups in total. The minimum atomic E-state index is -1.53. The maximum atomic E-state index is 10.7. The normalized spacial score (nSPS) is 11.2. The average molecular weight is 694 g/mol. The van der Waals surface area contributed by atoms with Crippen molar-refractivity contribution in [2.75, 3.05) is 0 Å². The Bertz CT molecular complexity index is 1390. The summed E-state index contributed by atoms with van der Waals surface area (Å²) < 4.78 is 0. The first kappa shape index (κ1) is 41.5. The van der Waals surface area contributed by atoms with E-state index in [1.807, 2.05) is 24.3 Å². The van der Waals surface area contributed by atoms with Crippen LogP contribution in [0.2, 0.25) is 39.3 Å². The number of carbonyl (C=O) groups excluding carboxylic acids is 2. The predicted molar refractivity (Wildman–Crippen MR) is 183 cm³/mol. The van der Waals surface area contributed by atoms with E-state index in [9.17, 15) is 10.2 Å². The van der Waals surface area contributed by atoms with Gasteiger partial charge in [-0.25, -0.2) is 0 Å².